The molecule has 7 heteroatoms. The van der Waals surface area contributed by atoms with Gasteiger partial charge in [-0.1, -0.05) is 93.6 Å². The molecule has 1 saturated heterocycles. The van der Waals surface area contributed by atoms with Crippen LogP contribution in [0, 0.1) is 0 Å². The third kappa shape index (κ3) is 6.59. The van der Waals surface area contributed by atoms with Crippen molar-refractivity contribution in [3.8, 4) is 0 Å². The monoisotopic (exact) mass is 567 g/mol. The number of carbonyl (C=O) groups is 1. The Balaban J connectivity index is 1.24. The molecule has 0 aliphatic carbocycles. The Kier molecular flexibility index (Phi) is 8.40. The standard InChI is InChI=1S/C34H37N3O3S/c1-34(2,3)29-16-14-28(15-17-29)33(38)35-30-18-20-31(21-19-30)41(39,40)37-24-22-36(23-25-37)32(26-10-6-4-7-11-26)27-12-8-5-9-13-27/h4-21,32H,22-25H2,1-3H3,(H,35,38). The number of sulfonamides is 1. The molecule has 0 radical (unpaired) electrons. The second-order valence-electron chi connectivity index (χ2n) is 11.5. The Labute approximate surface area is 243 Å². The van der Waals surface area contributed by atoms with Crippen LogP contribution in [0.3, 0.4) is 0 Å². The first-order chi connectivity index (χ1) is 19.6. The quantitative estimate of drug-likeness (QED) is 0.283. The van der Waals surface area contributed by atoms with Gasteiger partial charge in [0.15, 0.2) is 0 Å². The fourth-order valence-corrected chi connectivity index (χ4v) is 6.69. The minimum atomic E-state index is -3.66. The summed E-state index contributed by atoms with van der Waals surface area (Å²) in [7, 11) is -3.66. The number of amides is 1. The zero-order chi connectivity index (χ0) is 29.0. The topological polar surface area (TPSA) is 69.7 Å². The summed E-state index contributed by atoms with van der Waals surface area (Å²) < 4.78 is 28.5. The minimum absolute atomic E-state index is 0.00840. The fourth-order valence-electron chi connectivity index (χ4n) is 5.27. The number of nitrogens with zero attached hydrogens (tertiary/aromatic N) is 2. The minimum Gasteiger partial charge on any atom is -0.322 e. The van der Waals surface area contributed by atoms with Crippen LogP contribution < -0.4 is 5.32 Å². The predicted molar refractivity (Wildman–Crippen MR) is 165 cm³/mol. The maximum Gasteiger partial charge on any atom is 0.255 e. The molecule has 0 unspecified atom stereocenters. The molecule has 1 aliphatic heterocycles. The van der Waals surface area contributed by atoms with E-state index in [1.807, 2.05) is 60.7 Å². The van der Waals surface area contributed by atoms with E-state index in [0.717, 1.165) is 5.56 Å². The van der Waals surface area contributed by atoms with Gasteiger partial charge in [0.05, 0.1) is 10.9 Å². The highest BCUT2D eigenvalue weighted by Gasteiger charge is 2.32. The van der Waals surface area contributed by atoms with Crippen LogP contribution in [-0.2, 0) is 15.4 Å². The molecular formula is C34H37N3O3S. The van der Waals surface area contributed by atoms with Crippen LogP contribution in [0.25, 0.3) is 0 Å². The van der Waals surface area contributed by atoms with Gasteiger partial charge in [-0.3, -0.25) is 9.69 Å². The lowest BCUT2D eigenvalue weighted by molar-refractivity contribution is 0.102. The summed E-state index contributed by atoms with van der Waals surface area (Å²) in [4.78, 5) is 15.3. The summed E-state index contributed by atoms with van der Waals surface area (Å²) in [6.45, 7) is 8.44. The number of hydrogen-bond acceptors (Lipinski definition) is 4. The molecule has 4 aromatic rings. The van der Waals surface area contributed by atoms with Gasteiger partial charge in [0, 0.05) is 37.4 Å². The predicted octanol–water partition coefficient (Wildman–Crippen LogP) is 6.33. The molecule has 6 nitrogen and oxygen atoms in total. The van der Waals surface area contributed by atoms with Crippen LogP contribution >= 0.6 is 0 Å². The third-order valence-corrected chi connectivity index (χ3v) is 9.54. The molecule has 1 aliphatic rings. The second-order valence-corrected chi connectivity index (χ2v) is 13.4. The summed E-state index contributed by atoms with van der Waals surface area (Å²) >= 11 is 0. The maximum absolute atomic E-state index is 13.5. The van der Waals surface area contributed by atoms with Crippen LogP contribution in [0.1, 0.15) is 53.9 Å². The highest BCUT2D eigenvalue weighted by atomic mass is 32.2. The molecule has 1 heterocycles. The Morgan fingerprint density at radius 2 is 1.22 bits per heavy atom. The lowest BCUT2D eigenvalue weighted by Gasteiger charge is -2.39. The molecule has 1 amide bonds. The van der Waals surface area contributed by atoms with E-state index in [2.05, 4.69) is 55.3 Å². The van der Waals surface area contributed by atoms with Crippen molar-refractivity contribution in [2.75, 3.05) is 31.5 Å². The van der Waals surface area contributed by atoms with Crippen LogP contribution in [0.2, 0.25) is 0 Å². The second kappa shape index (κ2) is 12.0. The number of rotatable bonds is 7. The van der Waals surface area contributed by atoms with Gasteiger partial charge in [0.2, 0.25) is 10.0 Å². The Hall–Kier alpha value is -3.78. The normalized spacial score (nSPS) is 15.1. The molecule has 0 spiro atoms. The number of nitrogens with one attached hydrogen (secondary N) is 1. The Morgan fingerprint density at radius 3 is 1.71 bits per heavy atom. The molecule has 0 saturated carbocycles. The molecular weight excluding hydrogens is 530 g/mol. The summed E-state index contributed by atoms with van der Waals surface area (Å²) in [5, 5.41) is 2.87. The van der Waals surface area contributed by atoms with Gasteiger partial charge in [-0.15, -0.1) is 0 Å². The molecule has 1 fully saturated rings. The molecule has 1 N–H and O–H groups in total. The van der Waals surface area contributed by atoms with Crippen molar-refractivity contribution in [1.29, 1.82) is 0 Å². The van der Waals surface area contributed by atoms with Crippen LogP contribution in [0.4, 0.5) is 5.69 Å². The van der Waals surface area contributed by atoms with Gasteiger partial charge >= 0.3 is 0 Å². The lowest BCUT2D eigenvalue weighted by atomic mass is 9.87. The van der Waals surface area contributed by atoms with E-state index >= 15 is 0 Å². The van der Waals surface area contributed by atoms with Gasteiger partial charge in [0.25, 0.3) is 5.91 Å². The number of carbonyl (C=O) groups excluding carboxylic acids is 1. The van der Waals surface area contributed by atoms with E-state index in [-0.39, 0.29) is 22.3 Å². The molecule has 5 rings (SSSR count). The fraction of sp³-hybridized carbons (Fsp3) is 0.265. The smallest absolute Gasteiger partial charge is 0.255 e. The highest BCUT2D eigenvalue weighted by Crippen LogP contribution is 2.31. The van der Waals surface area contributed by atoms with Crippen molar-refractivity contribution < 1.29 is 13.2 Å². The summed E-state index contributed by atoms with van der Waals surface area (Å²) in [5.74, 6) is -0.233. The first kappa shape index (κ1) is 28.7. The lowest BCUT2D eigenvalue weighted by Crippen LogP contribution is -2.49. The average molecular weight is 568 g/mol. The average Bonchev–Trinajstić information content (AvgIpc) is 2.99. The molecule has 0 aromatic heterocycles. The Morgan fingerprint density at radius 1 is 0.707 bits per heavy atom. The summed E-state index contributed by atoms with van der Waals surface area (Å²) in [5.41, 5.74) is 4.65. The van der Waals surface area contributed by atoms with Gasteiger partial charge in [-0.25, -0.2) is 8.42 Å². The maximum atomic E-state index is 13.5. The van der Waals surface area contributed by atoms with Crippen molar-refractivity contribution in [2.45, 2.75) is 37.1 Å². The summed E-state index contributed by atoms with van der Waals surface area (Å²) in [6.07, 6.45) is 0. The zero-order valence-electron chi connectivity index (χ0n) is 23.8. The van der Waals surface area contributed by atoms with E-state index in [1.54, 1.807) is 28.6 Å². The van der Waals surface area contributed by atoms with Gasteiger partial charge in [-0.2, -0.15) is 4.31 Å². The van der Waals surface area contributed by atoms with Crippen molar-refractivity contribution in [3.63, 3.8) is 0 Å². The first-order valence-electron chi connectivity index (χ1n) is 14.0. The number of hydrogen-bond donors (Lipinski definition) is 1. The summed E-state index contributed by atoms with van der Waals surface area (Å²) in [6, 6.07) is 34.7. The molecule has 41 heavy (non-hydrogen) atoms. The van der Waals surface area contributed by atoms with Gasteiger partial charge in [0.1, 0.15) is 0 Å². The molecule has 4 aromatic carbocycles. The third-order valence-electron chi connectivity index (χ3n) is 7.63. The van der Waals surface area contributed by atoms with Gasteiger partial charge in [-0.05, 0) is 58.5 Å². The van der Waals surface area contributed by atoms with E-state index in [0.29, 0.717) is 37.4 Å². The molecule has 212 valence electrons. The van der Waals surface area contributed by atoms with Crippen LogP contribution in [0.15, 0.2) is 114 Å². The van der Waals surface area contributed by atoms with Crippen molar-refractivity contribution in [1.82, 2.24) is 9.21 Å². The first-order valence-corrected chi connectivity index (χ1v) is 15.4. The molecule has 0 bridgehead atoms. The van der Waals surface area contributed by atoms with Crippen LogP contribution in [0.5, 0.6) is 0 Å². The van der Waals surface area contributed by atoms with E-state index < -0.39 is 10.0 Å². The SMILES string of the molecule is CC(C)(C)c1ccc(C(=O)Nc2ccc(S(=O)(=O)N3CCN(C(c4ccccc4)c4ccccc4)CC3)cc2)cc1. The Bertz CT molecular complexity index is 1520. The van der Waals surface area contributed by atoms with E-state index in [9.17, 15) is 13.2 Å². The number of benzene rings is 4. The van der Waals surface area contributed by atoms with Gasteiger partial charge < -0.3 is 5.32 Å². The zero-order valence-corrected chi connectivity index (χ0v) is 24.6. The van der Waals surface area contributed by atoms with E-state index in [4.69, 9.17) is 0 Å². The van der Waals surface area contributed by atoms with Crippen LogP contribution in [-0.4, -0.2) is 49.7 Å². The number of piperazine rings is 1. The van der Waals surface area contributed by atoms with Crippen molar-refractivity contribution in [3.05, 3.63) is 131 Å². The highest BCUT2D eigenvalue weighted by molar-refractivity contribution is 7.89. The van der Waals surface area contributed by atoms with E-state index in [1.165, 1.54) is 11.1 Å². The number of anilines is 1. The largest absolute Gasteiger partial charge is 0.322 e. The van der Waals surface area contributed by atoms with Crippen molar-refractivity contribution >= 4 is 21.6 Å². The molecule has 0 atom stereocenters. The van der Waals surface area contributed by atoms with Crippen molar-refractivity contribution in [2.24, 2.45) is 0 Å².